The van der Waals surface area contributed by atoms with Crippen molar-refractivity contribution < 1.29 is 9.59 Å². The number of aromatic nitrogens is 2. The molecule has 0 aliphatic carbocycles. The SMILES string of the molecule is Cc1ccc(C=O)c2nnc3c(C=O)ccc(C)c3c12. The third kappa shape index (κ3) is 1.61. The molecular formula is C16H12N2O2. The van der Waals surface area contributed by atoms with Gasteiger partial charge in [-0.15, -0.1) is 10.2 Å². The van der Waals surface area contributed by atoms with Crippen LogP contribution in [0.5, 0.6) is 0 Å². The minimum absolute atomic E-state index is 0.510. The third-order valence-corrected chi connectivity index (χ3v) is 3.59. The predicted octanol–water partition coefficient (Wildman–Crippen LogP) is 3.02. The smallest absolute Gasteiger partial charge is 0.152 e. The first kappa shape index (κ1) is 12.4. The molecule has 20 heavy (non-hydrogen) atoms. The third-order valence-electron chi connectivity index (χ3n) is 3.59. The highest BCUT2D eigenvalue weighted by Crippen LogP contribution is 2.30. The zero-order valence-electron chi connectivity index (χ0n) is 11.2. The molecule has 0 aliphatic rings. The summed E-state index contributed by atoms with van der Waals surface area (Å²) in [5, 5.41) is 10.1. The highest BCUT2D eigenvalue weighted by Gasteiger charge is 2.13. The summed E-state index contributed by atoms with van der Waals surface area (Å²) in [6.45, 7) is 3.93. The second kappa shape index (κ2) is 4.49. The van der Waals surface area contributed by atoms with Crippen molar-refractivity contribution in [3.8, 4) is 0 Å². The summed E-state index contributed by atoms with van der Waals surface area (Å²) in [7, 11) is 0. The Morgan fingerprint density at radius 3 is 1.50 bits per heavy atom. The van der Waals surface area contributed by atoms with Gasteiger partial charge in [-0.1, -0.05) is 12.1 Å². The zero-order chi connectivity index (χ0) is 14.3. The van der Waals surface area contributed by atoms with Crippen LogP contribution in [0.3, 0.4) is 0 Å². The lowest BCUT2D eigenvalue weighted by molar-refractivity contribution is 0.111. The van der Waals surface area contributed by atoms with E-state index in [0.717, 1.165) is 34.5 Å². The van der Waals surface area contributed by atoms with Crippen molar-refractivity contribution in [3.05, 3.63) is 46.5 Å². The monoisotopic (exact) mass is 264 g/mol. The Balaban J connectivity index is 2.66. The Morgan fingerprint density at radius 1 is 0.750 bits per heavy atom. The van der Waals surface area contributed by atoms with E-state index < -0.39 is 0 Å². The molecule has 1 aromatic heterocycles. The Kier molecular flexibility index (Phi) is 2.79. The molecule has 0 amide bonds. The van der Waals surface area contributed by atoms with Crippen molar-refractivity contribution in [1.82, 2.24) is 10.2 Å². The second-order valence-corrected chi connectivity index (χ2v) is 4.83. The Labute approximate surface area is 115 Å². The lowest BCUT2D eigenvalue weighted by atomic mass is 9.97. The lowest BCUT2D eigenvalue weighted by Gasteiger charge is -2.10. The maximum absolute atomic E-state index is 11.2. The number of nitrogens with zero attached hydrogens (tertiary/aromatic N) is 2. The highest BCUT2D eigenvalue weighted by atomic mass is 16.1. The van der Waals surface area contributed by atoms with E-state index in [2.05, 4.69) is 10.2 Å². The molecule has 3 rings (SSSR count). The first-order valence-corrected chi connectivity index (χ1v) is 6.27. The van der Waals surface area contributed by atoms with Crippen LogP contribution >= 0.6 is 0 Å². The van der Waals surface area contributed by atoms with E-state index in [-0.39, 0.29) is 0 Å². The van der Waals surface area contributed by atoms with Gasteiger partial charge in [0.1, 0.15) is 11.0 Å². The molecule has 0 spiro atoms. The first-order valence-electron chi connectivity index (χ1n) is 6.27. The summed E-state index contributed by atoms with van der Waals surface area (Å²) < 4.78 is 0. The summed E-state index contributed by atoms with van der Waals surface area (Å²) in [5.74, 6) is 0. The molecule has 0 N–H and O–H groups in total. The van der Waals surface area contributed by atoms with E-state index in [1.807, 2.05) is 26.0 Å². The molecule has 0 saturated heterocycles. The number of rotatable bonds is 2. The van der Waals surface area contributed by atoms with Crippen molar-refractivity contribution in [2.45, 2.75) is 13.8 Å². The quantitative estimate of drug-likeness (QED) is 0.527. The standard InChI is InChI=1S/C16H12N2O2/c1-9-3-5-11(7-19)15-13(9)14-10(2)4-6-12(8-20)16(14)18-17-15/h3-8H,1-2H3. The van der Waals surface area contributed by atoms with E-state index >= 15 is 0 Å². The van der Waals surface area contributed by atoms with Gasteiger partial charge in [0.15, 0.2) is 12.6 Å². The van der Waals surface area contributed by atoms with Gasteiger partial charge in [0, 0.05) is 21.9 Å². The molecular weight excluding hydrogens is 252 g/mol. The topological polar surface area (TPSA) is 59.9 Å². The fourth-order valence-electron chi connectivity index (χ4n) is 2.55. The van der Waals surface area contributed by atoms with Crippen molar-refractivity contribution in [1.29, 1.82) is 0 Å². The number of hydrogen-bond donors (Lipinski definition) is 0. The Hall–Kier alpha value is -2.62. The van der Waals surface area contributed by atoms with Gasteiger partial charge in [-0.2, -0.15) is 0 Å². The minimum atomic E-state index is 0.510. The van der Waals surface area contributed by atoms with Crippen LogP contribution < -0.4 is 0 Å². The van der Waals surface area contributed by atoms with Crippen LogP contribution in [0.1, 0.15) is 31.8 Å². The van der Waals surface area contributed by atoms with E-state index in [4.69, 9.17) is 0 Å². The average Bonchev–Trinajstić information content (AvgIpc) is 2.47. The summed E-state index contributed by atoms with van der Waals surface area (Å²) in [5.41, 5.74) is 4.21. The minimum Gasteiger partial charge on any atom is -0.298 e. The summed E-state index contributed by atoms with van der Waals surface area (Å²) in [6, 6.07) is 7.26. The first-order chi connectivity index (χ1) is 9.67. The molecule has 0 fully saturated rings. The van der Waals surface area contributed by atoms with Crippen LogP contribution in [-0.2, 0) is 0 Å². The maximum atomic E-state index is 11.2. The number of carbonyl (C=O) groups is 2. The van der Waals surface area contributed by atoms with E-state index in [1.54, 1.807) is 12.1 Å². The van der Waals surface area contributed by atoms with Gasteiger partial charge in [-0.3, -0.25) is 9.59 Å². The molecule has 2 aromatic carbocycles. The average molecular weight is 264 g/mol. The molecule has 0 radical (unpaired) electrons. The van der Waals surface area contributed by atoms with Crippen molar-refractivity contribution in [2.24, 2.45) is 0 Å². The number of hydrogen-bond acceptors (Lipinski definition) is 4. The Morgan fingerprint density at radius 2 is 1.15 bits per heavy atom. The van der Waals surface area contributed by atoms with Crippen LogP contribution in [0.25, 0.3) is 21.8 Å². The summed E-state index contributed by atoms with van der Waals surface area (Å²) >= 11 is 0. The van der Waals surface area contributed by atoms with Crippen LogP contribution in [-0.4, -0.2) is 22.8 Å². The van der Waals surface area contributed by atoms with E-state index in [0.29, 0.717) is 22.2 Å². The van der Waals surface area contributed by atoms with Crippen LogP contribution in [0.2, 0.25) is 0 Å². The van der Waals surface area contributed by atoms with Gasteiger partial charge in [-0.25, -0.2) is 0 Å². The number of benzene rings is 2. The molecule has 1 heterocycles. The molecule has 98 valence electrons. The van der Waals surface area contributed by atoms with Crippen LogP contribution in [0.4, 0.5) is 0 Å². The fourth-order valence-corrected chi connectivity index (χ4v) is 2.55. The van der Waals surface area contributed by atoms with Gasteiger partial charge >= 0.3 is 0 Å². The molecule has 4 nitrogen and oxygen atoms in total. The molecule has 0 saturated carbocycles. The molecule has 3 aromatic rings. The highest BCUT2D eigenvalue weighted by molar-refractivity contribution is 6.14. The van der Waals surface area contributed by atoms with E-state index in [1.165, 1.54) is 0 Å². The van der Waals surface area contributed by atoms with Crippen molar-refractivity contribution >= 4 is 34.4 Å². The van der Waals surface area contributed by atoms with Gasteiger partial charge in [0.2, 0.25) is 0 Å². The fraction of sp³-hybridized carbons (Fsp3) is 0.125. The van der Waals surface area contributed by atoms with Crippen LogP contribution in [0, 0.1) is 13.8 Å². The van der Waals surface area contributed by atoms with Crippen molar-refractivity contribution in [3.63, 3.8) is 0 Å². The van der Waals surface area contributed by atoms with Gasteiger partial charge in [0.25, 0.3) is 0 Å². The number of carbonyl (C=O) groups excluding carboxylic acids is 2. The molecule has 0 unspecified atom stereocenters. The number of aldehydes is 2. The van der Waals surface area contributed by atoms with Gasteiger partial charge < -0.3 is 0 Å². The predicted molar refractivity (Wildman–Crippen MR) is 77.3 cm³/mol. The molecule has 0 aliphatic heterocycles. The molecule has 0 atom stereocenters. The summed E-state index contributed by atoms with van der Waals surface area (Å²) in [4.78, 5) is 22.3. The second-order valence-electron chi connectivity index (χ2n) is 4.83. The number of fused-ring (bicyclic) bond motifs is 3. The summed E-state index contributed by atoms with van der Waals surface area (Å²) in [6.07, 6.45) is 1.56. The van der Waals surface area contributed by atoms with Gasteiger partial charge in [-0.05, 0) is 37.1 Å². The molecule has 4 heteroatoms. The molecule has 0 bridgehead atoms. The largest absolute Gasteiger partial charge is 0.298 e. The Bertz CT molecular complexity index is 797. The van der Waals surface area contributed by atoms with Crippen LogP contribution in [0.15, 0.2) is 24.3 Å². The van der Waals surface area contributed by atoms with Crippen molar-refractivity contribution in [2.75, 3.05) is 0 Å². The lowest BCUT2D eigenvalue weighted by Crippen LogP contribution is -1.98. The number of aryl methyl sites for hydroxylation is 2. The zero-order valence-corrected chi connectivity index (χ0v) is 11.2. The van der Waals surface area contributed by atoms with E-state index in [9.17, 15) is 9.59 Å². The normalized spacial score (nSPS) is 10.9. The van der Waals surface area contributed by atoms with Gasteiger partial charge in [0.05, 0.1) is 0 Å². The maximum Gasteiger partial charge on any atom is 0.152 e.